The van der Waals surface area contributed by atoms with E-state index >= 15 is 0 Å². The molecule has 4 amide bonds. The van der Waals surface area contributed by atoms with E-state index in [0.29, 0.717) is 45.2 Å². The molecule has 0 aromatic heterocycles. The van der Waals surface area contributed by atoms with Gasteiger partial charge >= 0.3 is 0 Å². The Balaban J connectivity index is 5.41. The number of hydrogen-bond donors (Lipinski definition) is 6. The van der Waals surface area contributed by atoms with Gasteiger partial charge in [-0.3, -0.25) is 24.2 Å². The van der Waals surface area contributed by atoms with E-state index in [-0.39, 0.29) is 23.7 Å². The number of amides is 4. The first kappa shape index (κ1) is 29.1. The highest BCUT2D eigenvalue weighted by atomic mass is 16.2. The lowest BCUT2D eigenvalue weighted by molar-refractivity contribution is -0.134. The third kappa shape index (κ3) is 11.5. The highest BCUT2D eigenvalue weighted by molar-refractivity contribution is 5.94. The second-order valence-corrected chi connectivity index (χ2v) is 7.82. The Morgan fingerprint density at radius 1 is 0.875 bits per heavy atom. The normalized spacial score (nSPS) is 14.3. The van der Waals surface area contributed by atoms with Crippen molar-refractivity contribution in [1.29, 1.82) is 0 Å². The number of carbonyl (C=O) groups is 4. The standard InChI is InChI=1S/C21H41N7O4/c1-6-10-15(26-14(5)29)19(31)28-17(13(4)7-2)20(32)27-16(18(30)24-8-3)11-9-12-25-21(22)23/h13,15-17H,6-12H2,1-5H3,(H,24,30)(H,26,29)(H,27,32)(H,28,31)(H4,22,23,25)/t13?,15-,16+,17+/m1/s1. The fourth-order valence-corrected chi connectivity index (χ4v) is 3.09. The van der Waals surface area contributed by atoms with Crippen LogP contribution in [0.5, 0.6) is 0 Å². The summed E-state index contributed by atoms with van der Waals surface area (Å²) in [7, 11) is 0. The largest absolute Gasteiger partial charge is 0.370 e. The molecule has 0 aliphatic heterocycles. The van der Waals surface area contributed by atoms with Gasteiger partial charge in [0.15, 0.2) is 5.96 Å². The number of nitrogens with one attached hydrogen (secondary N) is 4. The molecule has 32 heavy (non-hydrogen) atoms. The van der Waals surface area contributed by atoms with Gasteiger partial charge in [0.05, 0.1) is 0 Å². The number of nitrogens with two attached hydrogens (primary N) is 2. The molecule has 0 aromatic rings. The zero-order valence-corrected chi connectivity index (χ0v) is 20.0. The van der Waals surface area contributed by atoms with E-state index < -0.39 is 29.9 Å². The molecule has 0 saturated heterocycles. The van der Waals surface area contributed by atoms with Crippen LogP contribution in [0.1, 0.15) is 66.7 Å². The van der Waals surface area contributed by atoms with Crippen molar-refractivity contribution in [2.45, 2.75) is 84.8 Å². The van der Waals surface area contributed by atoms with Crippen LogP contribution < -0.4 is 32.7 Å². The van der Waals surface area contributed by atoms with E-state index in [0.717, 1.165) is 0 Å². The summed E-state index contributed by atoms with van der Waals surface area (Å²) in [6, 6.07) is -2.37. The first-order valence-corrected chi connectivity index (χ1v) is 11.3. The number of nitrogens with zero attached hydrogens (tertiary/aromatic N) is 1. The van der Waals surface area contributed by atoms with Crippen molar-refractivity contribution in [2.24, 2.45) is 22.4 Å². The van der Waals surface area contributed by atoms with Crippen LogP contribution in [0.25, 0.3) is 0 Å². The quantitative estimate of drug-likeness (QED) is 0.110. The fraction of sp³-hybridized carbons (Fsp3) is 0.762. The summed E-state index contributed by atoms with van der Waals surface area (Å²) in [5.74, 6) is -1.74. The molecule has 11 heteroatoms. The lowest BCUT2D eigenvalue weighted by Gasteiger charge is -2.28. The summed E-state index contributed by atoms with van der Waals surface area (Å²) < 4.78 is 0. The lowest BCUT2D eigenvalue weighted by Crippen LogP contribution is -2.58. The van der Waals surface area contributed by atoms with Crippen molar-refractivity contribution in [3.05, 3.63) is 0 Å². The summed E-state index contributed by atoms with van der Waals surface area (Å²) in [6.07, 6.45) is 2.59. The topological polar surface area (TPSA) is 181 Å². The van der Waals surface area contributed by atoms with E-state index in [4.69, 9.17) is 11.5 Å². The maximum Gasteiger partial charge on any atom is 0.243 e. The predicted octanol–water partition coefficient (Wildman–Crippen LogP) is -0.503. The summed E-state index contributed by atoms with van der Waals surface area (Å²) in [6.45, 7) is 9.53. The van der Waals surface area contributed by atoms with Gasteiger partial charge in [-0.25, -0.2) is 0 Å². The second kappa shape index (κ2) is 15.9. The van der Waals surface area contributed by atoms with Crippen molar-refractivity contribution in [1.82, 2.24) is 21.3 Å². The van der Waals surface area contributed by atoms with Gasteiger partial charge in [-0.15, -0.1) is 0 Å². The third-order valence-electron chi connectivity index (χ3n) is 4.99. The average Bonchev–Trinajstić information content (AvgIpc) is 2.72. The van der Waals surface area contributed by atoms with Crippen molar-refractivity contribution >= 4 is 29.6 Å². The van der Waals surface area contributed by atoms with Crippen LogP contribution in [-0.2, 0) is 19.2 Å². The highest BCUT2D eigenvalue weighted by Crippen LogP contribution is 2.11. The van der Waals surface area contributed by atoms with Crippen molar-refractivity contribution < 1.29 is 19.2 Å². The van der Waals surface area contributed by atoms with Gasteiger partial charge in [-0.2, -0.15) is 0 Å². The third-order valence-corrected chi connectivity index (χ3v) is 4.99. The second-order valence-electron chi connectivity index (χ2n) is 7.82. The molecular formula is C21H41N7O4. The van der Waals surface area contributed by atoms with Crippen LogP contribution in [0.4, 0.5) is 0 Å². The molecule has 4 atom stereocenters. The van der Waals surface area contributed by atoms with Gasteiger partial charge in [0.2, 0.25) is 23.6 Å². The first-order valence-electron chi connectivity index (χ1n) is 11.3. The van der Waals surface area contributed by atoms with E-state index in [9.17, 15) is 19.2 Å². The molecule has 0 rings (SSSR count). The monoisotopic (exact) mass is 455 g/mol. The van der Waals surface area contributed by atoms with Crippen LogP contribution in [-0.4, -0.2) is 60.8 Å². The minimum absolute atomic E-state index is 0.0380. The molecule has 0 radical (unpaired) electrons. The maximum atomic E-state index is 13.1. The van der Waals surface area contributed by atoms with Gasteiger partial charge < -0.3 is 32.7 Å². The zero-order chi connectivity index (χ0) is 24.7. The molecule has 0 bridgehead atoms. The Morgan fingerprint density at radius 3 is 2.00 bits per heavy atom. The maximum absolute atomic E-state index is 13.1. The summed E-state index contributed by atoms with van der Waals surface area (Å²) in [5, 5.41) is 10.8. The highest BCUT2D eigenvalue weighted by Gasteiger charge is 2.31. The molecule has 8 N–H and O–H groups in total. The average molecular weight is 456 g/mol. The Hall–Kier alpha value is -2.85. The number of hydrogen-bond acceptors (Lipinski definition) is 5. The molecule has 0 heterocycles. The number of carbonyl (C=O) groups excluding carboxylic acids is 4. The molecule has 0 saturated carbocycles. The molecule has 0 aliphatic carbocycles. The molecule has 0 spiro atoms. The summed E-state index contributed by atoms with van der Waals surface area (Å²) >= 11 is 0. The molecular weight excluding hydrogens is 414 g/mol. The van der Waals surface area contributed by atoms with Gasteiger partial charge in [-0.1, -0.05) is 33.6 Å². The van der Waals surface area contributed by atoms with Crippen LogP contribution >= 0.6 is 0 Å². The van der Waals surface area contributed by atoms with E-state index in [2.05, 4.69) is 26.3 Å². The van der Waals surface area contributed by atoms with Crippen molar-refractivity contribution in [3.8, 4) is 0 Å². The van der Waals surface area contributed by atoms with E-state index in [1.165, 1.54) is 6.92 Å². The van der Waals surface area contributed by atoms with Gasteiger partial charge in [0.1, 0.15) is 18.1 Å². The first-order chi connectivity index (χ1) is 15.1. The smallest absolute Gasteiger partial charge is 0.243 e. The number of likely N-dealkylation sites (N-methyl/N-ethyl adjacent to an activating group) is 1. The van der Waals surface area contributed by atoms with Crippen LogP contribution in [0.3, 0.4) is 0 Å². The molecule has 0 aliphatic rings. The van der Waals surface area contributed by atoms with Crippen LogP contribution in [0, 0.1) is 5.92 Å². The lowest BCUT2D eigenvalue weighted by atomic mass is 9.96. The van der Waals surface area contributed by atoms with Gasteiger partial charge in [0.25, 0.3) is 0 Å². The van der Waals surface area contributed by atoms with E-state index in [1.807, 2.05) is 20.8 Å². The number of aliphatic imine (C=N–C) groups is 1. The Bertz CT molecular complexity index is 650. The zero-order valence-electron chi connectivity index (χ0n) is 20.0. The molecule has 1 unspecified atom stereocenters. The SMILES string of the molecule is CCC[C@@H](NC(C)=O)C(=O)N[C@H](C(=O)N[C@@H](CCCN=C(N)N)C(=O)NCC)C(C)CC. The Labute approximate surface area is 190 Å². The minimum atomic E-state index is -0.852. The predicted molar refractivity (Wildman–Crippen MR) is 124 cm³/mol. The van der Waals surface area contributed by atoms with Gasteiger partial charge in [-0.05, 0) is 32.1 Å². The van der Waals surface area contributed by atoms with Crippen molar-refractivity contribution in [2.75, 3.05) is 13.1 Å². The number of guanidine groups is 1. The van der Waals surface area contributed by atoms with E-state index in [1.54, 1.807) is 6.92 Å². The minimum Gasteiger partial charge on any atom is -0.370 e. The summed E-state index contributed by atoms with van der Waals surface area (Å²) in [5.41, 5.74) is 10.6. The molecule has 184 valence electrons. The van der Waals surface area contributed by atoms with Gasteiger partial charge in [0, 0.05) is 20.0 Å². The van der Waals surface area contributed by atoms with Crippen LogP contribution in [0.15, 0.2) is 4.99 Å². The summed E-state index contributed by atoms with van der Waals surface area (Å²) in [4.78, 5) is 53.7. The molecule has 0 aromatic carbocycles. The number of rotatable bonds is 15. The Kier molecular flexibility index (Phi) is 14.5. The Morgan fingerprint density at radius 2 is 1.50 bits per heavy atom. The fourth-order valence-electron chi connectivity index (χ4n) is 3.09. The molecule has 11 nitrogen and oxygen atoms in total. The van der Waals surface area contributed by atoms with Crippen molar-refractivity contribution in [3.63, 3.8) is 0 Å². The van der Waals surface area contributed by atoms with Crippen LogP contribution in [0.2, 0.25) is 0 Å². The molecule has 0 fully saturated rings.